The number of hydrogen-bond donors (Lipinski definition) is 2. The van der Waals surface area contributed by atoms with E-state index in [1.165, 1.54) is 4.90 Å². The number of nitrogens with zero attached hydrogens (tertiary/aromatic N) is 1. The minimum atomic E-state index is -0.528. The van der Waals surface area contributed by atoms with Crippen molar-refractivity contribution in [1.82, 2.24) is 10.2 Å². The second-order valence-corrected chi connectivity index (χ2v) is 4.46. The molecule has 1 N–H and O–H groups in total. The van der Waals surface area contributed by atoms with Crippen LogP contribution in [-0.4, -0.2) is 43.0 Å². The summed E-state index contributed by atoms with van der Waals surface area (Å²) in [5, 5.41) is 2.73. The van der Waals surface area contributed by atoms with Crippen molar-refractivity contribution in [2.24, 2.45) is 0 Å². The molecule has 6 heteroatoms. The van der Waals surface area contributed by atoms with Crippen LogP contribution >= 0.6 is 12.9 Å². The van der Waals surface area contributed by atoms with Gasteiger partial charge in [-0.2, -0.15) is 0 Å². The highest BCUT2D eigenvalue weighted by Crippen LogP contribution is 2.21. The zero-order chi connectivity index (χ0) is 12.1. The summed E-state index contributed by atoms with van der Waals surface area (Å²) < 4.78 is 4.94. The monoisotopic (exact) mass is 246 g/mol. The molecule has 0 aromatic carbocycles. The fraction of sp³-hybridized carbons (Fsp3) is 0.800. The largest absolute Gasteiger partial charge is 0.345 e. The molecule has 0 aromatic rings. The summed E-state index contributed by atoms with van der Waals surface area (Å²) in [6.45, 7) is 0. The fourth-order valence-corrected chi connectivity index (χ4v) is 1.97. The number of thiol groups is 1. The smallest absolute Gasteiger partial charge is 0.311 e. The van der Waals surface area contributed by atoms with Gasteiger partial charge in [0, 0.05) is 20.1 Å². The number of nitrogens with one attached hydrogen (secondary N) is 1. The summed E-state index contributed by atoms with van der Waals surface area (Å²) in [6.07, 6.45) is 3.56. The van der Waals surface area contributed by atoms with Gasteiger partial charge in [-0.25, -0.2) is 0 Å². The molecule has 0 bridgehead atoms. The Balaban J connectivity index is 2.34. The first kappa shape index (κ1) is 13.3. The average molecular weight is 246 g/mol. The van der Waals surface area contributed by atoms with Crippen LogP contribution in [0.4, 0.5) is 0 Å². The van der Waals surface area contributed by atoms with Crippen LogP contribution in [0.2, 0.25) is 0 Å². The highest BCUT2D eigenvalue weighted by molar-refractivity contribution is 7.75. The van der Waals surface area contributed by atoms with Crippen LogP contribution in [0.1, 0.15) is 25.7 Å². The van der Waals surface area contributed by atoms with Gasteiger partial charge in [0.15, 0.2) is 0 Å². The molecule has 1 saturated carbocycles. The maximum Gasteiger partial charge on any atom is 0.311 e. The van der Waals surface area contributed by atoms with E-state index in [1.54, 1.807) is 14.1 Å². The number of likely N-dealkylation sites (N-methyl/N-ethyl adjacent to an activating group) is 1. The van der Waals surface area contributed by atoms with Crippen LogP contribution in [-0.2, 0) is 13.8 Å². The Morgan fingerprint density at radius 3 is 2.25 bits per heavy atom. The van der Waals surface area contributed by atoms with Crippen molar-refractivity contribution >= 4 is 24.7 Å². The third-order valence-electron chi connectivity index (χ3n) is 2.76. The Labute approximate surface area is 101 Å². The Hall–Kier alpha value is -0.750. The topological polar surface area (TPSA) is 58.6 Å². The van der Waals surface area contributed by atoms with Crippen LogP contribution in [0.3, 0.4) is 0 Å². The average Bonchev–Trinajstić information content (AvgIpc) is 2.28. The molecule has 0 unspecified atom stereocenters. The summed E-state index contributed by atoms with van der Waals surface area (Å²) in [5.74, 6) is -1.03. The molecule has 1 fully saturated rings. The van der Waals surface area contributed by atoms with Gasteiger partial charge in [-0.3, -0.25) is 9.59 Å². The van der Waals surface area contributed by atoms with E-state index in [9.17, 15) is 9.59 Å². The van der Waals surface area contributed by atoms with Crippen LogP contribution in [0.15, 0.2) is 0 Å². The van der Waals surface area contributed by atoms with E-state index in [0.29, 0.717) is 0 Å². The highest BCUT2D eigenvalue weighted by Gasteiger charge is 2.25. The van der Waals surface area contributed by atoms with Crippen molar-refractivity contribution in [3.8, 4) is 0 Å². The van der Waals surface area contributed by atoms with E-state index in [-0.39, 0.29) is 12.1 Å². The summed E-state index contributed by atoms with van der Waals surface area (Å²) in [7, 11) is 3.13. The number of rotatable bonds is 2. The Kier molecular flexibility index (Phi) is 5.08. The van der Waals surface area contributed by atoms with E-state index < -0.39 is 11.8 Å². The van der Waals surface area contributed by atoms with Crippen molar-refractivity contribution in [3.63, 3.8) is 0 Å². The summed E-state index contributed by atoms with van der Waals surface area (Å²) in [6, 6.07) is 0.0798. The lowest BCUT2D eigenvalue weighted by molar-refractivity contribution is -0.144. The molecule has 0 aromatic heterocycles. The Bertz CT molecular complexity index is 263. The first-order chi connectivity index (χ1) is 7.54. The van der Waals surface area contributed by atoms with E-state index in [0.717, 1.165) is 25.7 Å². The third-order valence-corrected chi connectivity index (χ3v) is 3.06. The van der Waals surface area contributed by atoms with Crippen molar-refractivity contribution in [1.29, 1.82) is 0 Å². The zero-order valence-corrected chi connectivity index (χ0v) is 10.5. The Morgan fingerprint density at radius 1 is 1.25 bits per heavy atom. The SMILES string of the molecule is CN(C)C(=O)C(=O)N[C@H]1CC[C@H](OS)CC1. The molecule has 92 valence electrons. The molecule has 5 nitrogen and oxygen atoms in total. The predicted molar refractivity (Wildman–Crippen MR) is 63.0 cm³/mol. The van der Waals surface area contributed by atoms with Crippen molar-refractivity contribution in [2.75, 3.05) is 14.1 Å². The number of carbonyl (C=O) groups excluding carboxylic acids is 2. The lowest BCUT2D eigenvalue weighted by atomic mass is 9.93. The van der Waals surface area contributed by atoms with E-state index >= 15 is 0 Å². The fourth-order valence-electron chi connectivity index (χ4n) is 1.76. The maximum atomic E-state index is 11.5. The maximum absolute atomic E-state index is 11.5. The third kappa shape index (κ3) is 3.68. The lowest BCUT2D eigenvalue weighted by Gasteiger charge is -2.27. The van der Waals surface area contributed by atoms with Crippen molar-refractivity contribution in [3.05, 3.63) is 0 Å². The predicted octanol–water partition coefficient (Wildman–Crippen LogP) is 0.363. The van der Waals surface area contributed by atoms with Gasteiger partial charge in [-0.15, -0.1) is 0 Å². The first-order valence-electron chi connectivity index (χ1n) is 5.37. The molecule has 1 aliphatic rings. The van der Waals surface area contributed by atoms with E-state index in [4.69, 9.17) is 4.18 Å². The zero-order valence-electron chi connectivity index (χ0n) is 9.60. The molecule has 0 aliphatic heterocycles. The van der Waals surface area contributed by atoms with Crippen LogP contribution < -0.4 is 5.32 Å². The van der Waals surface area contributed by atoms with Crippen LogP contribution in [0.5, 0.6) is 0 Å². The van der Waals surface area contributed by atoms with E-state index in [1.807, 2.05) is 0 Å². The molecule has 16 heavy (non-hydrogen) atoms. The summed E-state index contributed by atoms with van der Waals surface area (Å²) >= 11 is 3.77. The number of hydrogen-bond acceptors (Lipinski definition) is 4. The van der Waals surface area contributed by atoms with Crippen LogP contribution in [0.25, 0.3) is 0 Å². The first-order valence-corrected chi connectivity index (χ1v) is 5.73. The molecular weight excluding hydrogens is 228 g/mol. The Morgan fingerprint density at radius 2 is 1.81 bits per heavy atom. The second-order valence-electron chi connectivity index (χ2n) is 4.25. The second kappa shape index (κ2) is 6.10. The number of amides is 2. The van der Waals surface area contributed by atoms with Gasteiger partial charge < -0.3 is 14.4 Å². The highest BCUT2D eigenvalue weighted by atomic mass is 32.1. The molecule has 0 atom stereocenters. The van der Waals surface area contributed by atoms with Gasteiger partial charge in [0.2, 0.25) is 0 Å². The molecule has 2 amide bonds. The van der Waals surface area contributed by atoms with Gasteiger partial charge in [0.05, 0.1) is 6.10 Å². The van der Waals surface area contributed by atoms with Gasteiger partial charge in [0.25, 0.3) is 0 Å². The molecule has 0 saturated heterocycles. The standard InChI is InChI=1S/C10H18N2O3S/c1-12(2)10(14)9(13)11-7-3-5-8(15-16)6-4-7/h7-8,16H,3-6H2,1-2H3,(H,11,13)/t7-,8-. The quantitative estimate of drug-likeness (QED) is 0.420. The van der Waals surface area contributed by atoms with Gasteiger partial charge in [-0.05, 0) is 38.6 Å². The van der Waals surface area contributed by atoms with Crippen LogP contribution in [0, 0.1) is 0 Å². The summed E-state index contributed by atoms with van der Waals surface area (Å²) in [5.41, 5.74) is 0. The normalized spacial score (nSPS) is 24.9. The molecular formula is C10H18N2O3S. The van der Waals surface area contributed by atoms with Crippen molar-refractivity contribution in [2.45, 2.75) is 37.8 Å². The minimum absolute atomic E-state index is 0.0798. The molecule has 1 rings (SSSR count). The van der Waals surface area contributed by atoms with E-state index in [2.05, 4.69) is 18.2 Å². The molecule has 0 heterocycles. The number of carbonyl (C=O) groups is 2. The minimum Gasteiger partial charge on any atom is -0.345 e. The molecule has 0 spiro atoms. The molecule has 1 aliphatic carbocycles. The molecule has 0 radical (unpaired) electrons. The van der Waals surface area contributed by atoms with Gasteiger partial charge >= 0.3 is 11.8 Å². The lowest BCUT2D eigenvalue weighted by Crippen LogP contribution is -2.45. The summed E-state index contributed by atoms with van der Waals surface area (Å²) in [4.78, 5) is 24.0. The van der Waals surface area contributed by atoms with Gasteiger partial charge in [0.1, 0.15) is 0 Å². The van der Waals surface area contributed by atoms with Gasteiger partial charge in [-0.1, -0.05) is 0 Å². The van der Waals surface area contributed by atoms with Crippen molar-refractivity contribution < 1.29 is 13.8 Å².